The lowest BCUT2D eigenvalue weighted by atomic mass is 9.75. The van der Waals surface area contributed by atoms with Crippen molar-refractivity contribution >= 4 is 47.8 Å². The summed E-state index contributed by atoms with van der Waals surface area (Å²) in [5, 5.41) is 0. The van der Waals surface area contributed by atoms with Gasteiger partial charge in [0.15, 0.2) is 5.60 Å². The van der Waals surface area contributed by atoms with E-state index in [1.165, 1.54) is 5.56 Å². The zero-order chi connectivity index (χ0) is 20.0. The summed E-state index contributed by atoms with van der Waals surface area (Å²) in [4.78, 5) is 0. The Morgan fingerprint density at radius 1 is 0.552 bits per heavy atom. The molecule has 1 aliphatic heterocycles. The first-order chi connectivity index (χ1) is 14.1. The fourth-order valence-corrected chi connectivity index (χ4v) is 4.90. The lowest BCUT2D eigenvalue weighted by molar-refractivity contribution is 0.152. The van der Waals surface area contributed by atoms with E-state index in [1.807, 2.05) is 12.1 Å². The van der Waals surface area contributed by atoms with Gasteiger partial charge in [0.1, 0.15) is 5.75 Å². The molecule has 4 aromatic carbocycles. The third-order valence-electron chi connectivity index (χ3n) is 5.30. The van der Waals surface area contributed by atoms with Crippen LogP contribution >= 0.6 is 47.8 Å². The van der Waals surface area contributed by atoms with E-state index in [2.05, 4.69) is 127 Å². The third kappa shape index (κ3) is 3.18. The van der Waals surface area contributed by atoms with Gasteiger partial charge in [0, 0.05) is 35.7 Å². The first-order valence-corrected chi connectivity index (χ1v) is 11.6. The number of rotatable bonds is 2. The van der Waals surface area contributed by atoms with Gasteiger partial charge in [0.2, 0.25) is 0 Å². The van der Waals surface area contributed by atoms with E-state index in [0.29, 0.717) is 0 Å². The van der Waals surface area contributed by atoms with Gasteiger partial charge >= 0.3 is 0 Å². The van der Waals surface area contributed by atoms with Crippen molar-refractivity contribution in [3.05, 3.63) is 121 Å². The van der Waals surface area contributed by atoms with E-state index in [0.717, 1.165) is 41.4 Å². The maximum absolute atomic E-state index is 6.90. The highest BCUT2D eigenvalue weighted by Crippen LogP contribution is 2.52. The first-order valence-electron chi connectivity index (χ1n) is 9.18. The predicted octanol–water partition coefficient (Wildman–Crippen LogP) is 8.33. The summed E-state index contributed by atoms with van der Waals surface area (Å²) in [6, 6.07) is 31.5. The number of para-hydroxylation sites is 1. The minimum Gasteiger partial charge on any atom is -0.472 e. The second-order valence-electron chi connectivity index (χ2n) is 6.98. The van der Waals surface area contributed by atoms with Gasteiger partial charge in [-0.2, -0.15) is 0 Å². The second-order valence-corrected chi connectivity index (χ2v) is 9.73. The van der Waals surface area contributed by atoms with Crippen LogP contribution in [0.25, 0.3) is 11.1 Å². The smallest absolute Gasteiger partial charge is 0.185 e. The van der Waals surface area contributed by atoms with Gasteiger partial charge < -0.3 is 4.74 Å². The second kappa shape index (κ2) is 7.42. The molecule has 1 aliphatic rings. The van der Waals surface area contributed by atoms with Crippen LogP contribution in [0.4, 0.5) is 0 Å². The van der Waals surface area contributed by atoms with Crippen LogP contribution in [0, 0.1) is 0 Å². The van der Waals surface area contributed by atoms with Crippen molar-refractivity contribution in [1.82, 2.24) is 0 Å². The molecular weight excluding hydrogens is 556 g/mol. The van der Waals surface area contributed by atoms with Gasteiger partial charge in [-0.15, -0.1) is 0 Å². The van der Waals surface area contributed by atoms with Gasteiger partial charge in [-0.1, -0.05) is 96.3 Å². The average molecular weight is 571 g/mol. The summed E-state index contributed by atoms with van der Waals surface area (Å²) in [7, 11) is 0. The number of ether oxygens (including phenoxy) is 1. The highest BCUT2D eigenvalue weighted by molar-refractivity contribution is 9.11. The molecule has 4 heteroatoms. The van der Waals surface area contributed by atoms with Gasteiger partial charge in [-0.3, -0.25) is 0 Å². The van der Waals surface area contributed by atoms with Crippen molar-refractivity contribution in [2.45, 2.75) is 5.60 Å². The van der Waals surface area contributed by atoms with Crippen LogP contribution in [0.15, 0.2) is 104 Å². The van der Waals surface area contributed by atoms with Gasteiger partial charge in [-0.25, -0.2) is 0 Å². The summed E-state index contributed by atoms with van der Waals surface area (Å²) in [5.41, 5.74) is 4.82. The average Bonchev–Trinajstić information content (AvgIpc) is 2.74. The maximum atomic E-state index is 6.90. The molecule has 0 fully saturated rings. The molecule has 1 heterocycles. The minimum atomic E-state index is -0.755. The molecule has 0 spiro atoms. The number of halogens is 3. The summed E-state index contributed by atoms with van der Waals surface area (Å²) in [6.07, 6.45) is 0. The van der Waals surface area contributed by atoms with Crippen molar-refractivity contribution in [2.75, 3.05) is 0 Å². The van der Waals surface area contributed by atoms with Crippen LogP contribution < -0.4 is 4.74 Å². The molecule has 4 aromatic rings. The zero-order valence-corrected chi connectivity index (χ0v) is 20.0. The van der Waals surface area contributed by atoms with Gasteiger partial charge in [0.05, 0.1) is 0 Å². The lowest BCUT2D eigenvalue weighted by Gasteiger charge is -2.41. The third-order valence-corrected chi connectivity index (χ3v) is 6.85. The molecule has 0 saturated heterocycles. The molecule has 0 radical (unpaired) electrons. The normalized spacial score (nSPS) is 13.9. The SMILES string of the molecule is Brc1ccc(C2(c3ccc(Br)cc3)Oc3ccccc3-c3ccc(Br)cc32)cc1. The highest BCUT2D eigenvalue weighted by Gasteiger charge is 2.44. The minimum absolute atomic E-state index is 0.755. The molecule has 0 aromatic heterocycles. The molecule has 1 nitrogen and oxygen atoms in total. The van der Waals surface area contributed by atoms with E-state index in [1.54, 1.807) is 0 Å². The van der Waals surface area contributed by atoms with Crippen molar-refractivity contribution in [3.63, 3.8) is 0 Å². The molecule has 29 heavy (non-hydrogen) atoms. The Morgan fingerprint density at radius 2 is 1.10 bits per heavy atom. The van der Waals surface area contributed by atoms with Crippen LogP contribution in [0.5, 0.6) is 5.75 Å². The van der Waals surface area contributed by atoms with E-state index in [-0.39, 0.29) is 0 Å². The first kappa shape index (κ1) is 19.1. The van der Waals surface area contributed by atoms with Crippen molar-refractivity contribution in [3.8, 4) is 16.9 Å². The summed E-state index contributed by atoms with van der Waals surface area (Å²) in [6.45, 7) is 0. The van der Waals surface area contributed by atoms with Crippen molar-refractivity contribution in [1.29, 1.82) is 0 Å². The van der Waals surface area contributed by atoms with E-state index in [9.17, 15) is 0 Å². The fourth-order valence-electron chi connectivity index (χ4n) is 4.01. The molecule has 0 bridgehead atoms. The summed E-state index contributed by atoms with van der Waals surface area (Å²) >= 11 is 10.8. The van der Waals surface area contributed by atoms with Crippen molar-refractivity contribution in [2.24, 2.45) is 0 Å². The molecule has 5 rings (SSSR count). The molecule has 0 unspecified atom stereocenters. The predicted molar refractivity (Wildman–Crippen MR) is 128 cm³/mol. The van der Waals surface area contributed by atoms with E-state index >= 15 is 0 Å². The quantitative estimate of drug-likeness (QED) is 0.235. The molecule has 0 amide bonds. The molecule has 0 aliphatic carbocycles. The standard InChI is InChI=1S/C25H15Br3O/c26-18-9-5-16(6-10-18)25(17-7-11-19(27)12-8-17)23-15-20(28)13-14-21(23)22-3-1-2-4-24(22)29-25/h1-15H. The Morgan fingerprint density at radius 3 is 1.72 bits per heavy atom. The van der Waals surface area contributed by atoms with Crippen molar-refractivity contribution < 1.29 is 4.74 Å². The van der Waals surface area contributed by atoms with E-state index in [4.69, 9.17) is 4.74 Å². The fraction of sp³-hybridized carbons (Fsp3) is 0.0400. The summed E-state index contributed by atoms with van der Waals surface area (Å²) in [5.74, 6) is 0.883. The Hall–Kier alpha value is -1.88. The summed E-state index contributed by atoms with van der Waals surface area (Å²) < 4.78 is 10.0. The molecular formula is C25H15Br3O. The zero-order valence-electron chi connectivity index (χ0n) is 15.2. The molecule has 142 valence electrons. The Kier molecular flexibility index (Phi) is 4.89. The van der Waals surface area contributed by atoms with Gasteiger partial charge in [0.25, 0.3) is 0 Å². The van der Waals surface area contributed by atoms with Crippen LogP contribution in [0.1, 0.15) is 16.7 Å². The Bertz CT molecular complexity index is 1150. The number of hydrogen-bond donors (Lipinski definition) is 0. The number of hydrogen-bond acceptors (Lipinski definition) is 1. The monoisotopic (exact) mass is 568 g/mol. The molecule has 0 atom stereocenters. The lowest BCUT2D eigenvalue weighted by Crippen LogP contribution is -2.38. The largest absolute Gasteiger partial charge is 0.472 e. The van der Waals surface area contributed by atoms with Crippen LogP contribution in [-0.4, -0.2) is 0 Å². The highest BCUT2D eigenvalue weighted by atomic mass is 79.9. The van der Waals surface area contributed by atoms with E-state index < -0.39 is 5.60 Å². The number of fused-ring (bicyclic) bond motifs is 3. The van der Waals surface area contributed by atoms with Gasteiger partial charge in [-0.05, 0) is 48.0 Å². The van der Waals surface area contributed by atoms with Crippen LogP contribution in [0.2, 0.25) is 0 Å². The number of benzene rings is 4. The van der Waals surface area contributed by atoms with Crippen LogP contribution in [0.3, 0.4) is 0 Å². The van der Waals surface area contributed by atoms with Crippen LogP contribution in [-0.2, 0) is 5.60 Å². The molecule has 0 saturated carbocycles. The Labute approximate surface area is 195 Å². The molecule has 0 N–H and O–H groups in total. The maximum Gasteiger partial charge on any atom is 0.185 e. The topological polar surface area (TPSA) is 9.23 Å². The Balaban J connectivity index is 1.89.